The molecule has 22 heavy (non-hydrogen) atoms. The lowest BCUT2D eigenvalue weighted by Crippen LogP contribution is -2.48. The van der Waals surface area contributed by atoms with Crippen LogP contribution in [-0.2, 0) is 4.79 Å². The minimum atomic E-state index is 0.0580. The molecule has 0 unspecified atom stereocenters. The number of piperazine rings is 1. The highest BCUT2D eigenvalue weighted by Gasteiger charge is 2.20. The van der Waals surface area contributed by atoms with Gasteiger partial charge in [0, 0.05) is 44.6 Å². The molecule has 1 fully saturated rings. The van der Waals surface area contributed by atoms with E-state index in [1.165, 1.54) is 0 Å². The van der Waals surface area contributed by atoms with Crippen LogP contribution in [0.5, 0.6) is 0 Å². The minimum absolute atomic E-state index is 0.0580. The summed E-state index contributed by atoms with van der Waals surface area (Å²) in [7, 11) is 0. The molecule has 5 heteroatoms. The number of nitrogens with zero attached hydrogens (tertiary/aromatic N) is 4. The molecule has 0 spiro atoms. The van der Waals surface area contributed by atoms with Crippen LogP contribution in [0.2, 0.25) is 0 Å². The van der Waals surface area contributed by atoms with Crippen molar-refractivity contribution >= 4 is 17.8 Å². The number of hydrogen-bond donors (Lipinski definition) is 0. The fourth-order valence-electron chi connectivity index (χ4n) is 2.45. The summed E-state index contributed by atoms with van der Waals surface area (Å²) < 4.78 is 0. The average molecular weight is 294 g/mol. The van der Waals surface area contributed by atoms with Gasteiger partial charge in [-0.2, -0.15) is 0 Å². The maximum absolute atomic E-state index is 12.2. The molecule has 1 aliphatic rings. The lowest BCUT2D eigenvalue weighted by Gasteiger charge is -2.34. The van der Waals surface area contributed by atoms with Crippen LogP contribution in [0.25, 0.3) is 6.08 Å². The lowest BCUT2D eigenvalue weighted by atomic mass is 10.2. The zero-order valence-electron chi connectivity index (χ0n) is 12.3. The molecule has 0 atom stereocenters. The van der Waals surface area contributed by atoms with Crippen molar-refractivity contribution in [3.63, 3.8) is 0 Å². The molecule has 0 radical (unpaired) electrons. The van der Waals surface area contributed by atoms with Gasteiger partial charge in [0.15, 0.2) is 0 Å². The van der Waals surface area contributed by atoms with Crippen molar-refractivity contribution in [3.8, 4) is 0 Å². The number of amides is 1. The van der Waals surface area contributed by atoms with Gasteiger partial charge in [-0.3, -0.25) is 9.78 Å². The van der Waals surface area contributed by atoms with E-state index >= 15 is 0 Å². The van der Waals surface area contributed by atoms with Gasteiger partial charge < -0.3 is 9.80 Å². The Morgan fingerprint density at radius 2 is 1.82 bits per heavy atom. The van der Waals surface area contributed by atoms with E-state index in [-0.39, 0.29) is 5.91 Å². The average Bonchev–Trinajstić information content (AvgIpc) is 2.61. The van der Waals surface area contributed by atoms with Gasteiger partial charge in [-0.1, -0.05) is 30.3 Å². The van der Waals surface area contributed by atoms with Gasteiger partial charge in [-0.05, 0) is 11.6 Å². The van der Waals surface area contributed by atoms with E-state index in [0.29, 0.717) is 13.1 Å². The number of rotatable bonds is 3. The maximum Gasteiger partial charge on any atom is 0.246 e. The Balaban J connectivity index is 1.55. The standard InChI is InChI=1S/C17H18N4O/c22-17(7-6-15-4-2-1-3-5-15)21-12-10-20(11-13-21)16-14-18-8-9-19-16/h1-9,14H,10-13H2/b7-6+. The molecule has 5 nitrogen and oxygen atoms in total. The topological polar surface area (TPSA) is 49.3 Å². The van der Waals surface area contributed by atoms with Crippen LogP contribution in [0.3, 0.4) is 0 Å². The van der Waals surface area contributed by atoms with Gasteiger partial charge >= 0.3 is 0 Å². The van der Waals surface area contributed by atoms with Crippen molar-refractivity contribution in [3.05, 3.63) is 60.6 Å². The highest BCUT2D eigenvalue weighted by Crippen LogP contribution is 2.12. The maximum atomic E-state index is 12.2. The van der Waals surface area contributed by atoms with Crippen molar-refractivity contribution in [2.75, 3.05) is 31.1 Å². The second-order valence-electron chi connectivity index (χ2n) is 5.12. The van der Waals surface area contributed by atoms with Crippen LogP contribution in [0.15, 0.2) is 55.0 Å². The summed E-state index contributed by atoms with van der Waals surface area (Å²) in [6, 6.07) is 9.85. The summed E-state index contributed by atoms with van der Waals surface area (Å²) in [4.78, 5) is 24.6. The van der Waals surface area contributed by atoms with Crippen LogP contribution >= 0.6 is 0 Å². The van der Waals surface area contributed by atoms with Crippen molar-refractivity contribution in [1.82, 2.24) is 14.9 Å². The van der Waals surface area contributed by atoms with Gasteiger partial charge in [0.2, 0.25) is 5.91 Å². The zero-order valence-corrected chi connectivity index (χ0v) is 12.3. The van der Waals surface area contributed by atoms with Crippen LogP contribution in [-0.4, -0.2) is 47.0 Å². The molecule has 1 aliphatic heterocycles. The summed E-state index contributed by atoms with van der Waals surface area (Å²) in [6.07, 6.45) is 8.62. The molecule has 1 aromatic carbocycles. The van der Waals surface area contributed by atoms with E-state index in [2.05, 4.69) is 14.9 Å². The molecule has 0 aliphatic carbocycles. The van der Waals surface area contributed by atoms with Crippen molar-refractivity contribution in [2.24, 2.45) is 0 Å². The molecule has 1 aromatic heterocycles. The predicted molar refractivity (Wildman–Crippen MR) is 86.3 cm³/mol. The highest BCUT2D eigenvalue weighted by molar-refractivity contribution is 5.91. The lowest BCUT2D eigenvalue weighted by molar-refractivity contribution is -0.126. The van der Waals surface area contributed by atoms with E-state index < -0.39 is 0 Å². The van der Waals surface area contributed by atoms with Crippen molar-refractivity contribution < 1.29 is 4.79 Å². The Bertz CT molecular complexity index is 634. The number of anilines is 1. The van der Waals surface area contributed by atoms with E-state index in [4.69, 9.17) is 0 Å². The van der Waals surface area contributed by atoms with Crippen LogP contribution in [0.4, 0.5) is 5.82 Å². The first-order valence-electron chi connectivity index (χ1n) is 7.36. The Labute approximate surface area is 129 Å². The van der Waals surface area contributed by atoms with Gasteiger partial charge in [0.05, 0.1) is 6.20 Å². The third-order valence-corrected chi connectivity index (χ3v) is 3.68. The second kappa shape index (κ2) is 6.85. The summed E-state index contributed by atoms with van der Waals surface area (Å²) in [6.45, 7) is 2.97. The third-order valence-electron chi connectivity index (χ3n) is 3.68. The van der Waals surface area contributed by atoms with E-state index in [9.17, 15) is 4.79 Å². The summed E-state index contributed by atoms with van der Waals surface area (Å²) in [5, 5.41) is 0. The van der Waals surface area contributed by atoms with Gasteiger partial charge in [-0.25, -0.2) is 4.98 Å². The van der Waals surface area contributed by atoms with E-state index in [1.54, 1.807) is 24.7 Å². The first-order valence-corrected chi connectivity index (χ1v) is 7.36. The highest BCUT2D eigenvalue weighted by atomic mass is 16.2. The predicted octanol–water partition coefficient (Wildman–Crippen LogP) is 1.84. The number of benzene rings is 1. The first kappa shape index (κ1) is 14.3. The molecule has 1 amide bonds. The fourth-order valence-corrected chi connectivity index (χ4v) is 2.45. The minimum Gasteiger partial charge on any atom is -0.352 e. The Kier molecular flexibility index (Phi) is 4.44. The third kappa shape index (κ3) is 3.49. The molecule has 0 N–H and O–H groups in total. The van der Waals surface area contributed by atoms with Crippen LogP contribution in [0, 0.1) is 0 Å². The van der Waals surface area contributed by atoms with Gasteiger partial charge in [0.25, 0.3) is 0 Å². The largest absolute Gasteiger partial charge is 0.352 e. The monoisotopic (exact) mass is 294 g/mol. The van der Waals surface area contributed by atoms with Crippen LogP contribution < -0.4 is 4.90 Å². The van der Waals surface area contributed by atoms with E-state index in [0.717, 1.165) is 24.5 Å². The van der Waals surface area contributed by atoms with Gasteiger partial charge in [-0.15, -0.1) is 0 Å². The second-order valence-corrected chi connectivity index (χ2v) is 5.12. The van der Waals surface area contributed by atoms with Crippen LogP contribution in [0.1, 0.15) is 5.56 Å². The van der Waals surface area contributed by atoms with E-state index in [1.807, 2.05) is 41.3 Å². The number of aromatic nitrogens is 2. The Hall–Kier alpha value is -2.69. The summed E-state index contributed by atoms with van der Waals surface area (Å²) >= 11 is 0. The molecular weight excluding hydrogens is 276 g/mol. The first-order chi connectivity index (χ1) is 10.8. The SMILES string of the molecule is O=C(/C=C/c1ccccc1)N1CCN(c2cnccn2)CC1. The van der Waals surface area contributed by atoms with Gasteiger partial charge in [0.1, 0.15) is 5.82 Å². The molecule has 2 heterocycles. The number of hydrogen-bond acceptors (Lipinski definition) is 4. The molecule has 1 saturated heterocycles. The Morgan fingerprint density at radius 3 is 2.50 bits per heavy atom. The zero-order chi connectivity index (χ0) is 15.2. The normalized spacial score (nSPS) is 15.3. The number of carbonyl (C=O) groups excluding carboxylic acids is 1. The molecule has 0 bridgehead atoms. The smallest absolute Gasteiger partial charge is 0.246 e. The van der Waals surface area contributed by atoms with Crippen molar-refractivity contribution in [1.29, 1.82) is 0 Å². The fraction of sp³-hybridized carbons (Fsp3) is 0.235. The molecule has 2 aromatic rings. The van der Waals surface area contributed by atoms with Crippen molar-refractivity contribution in [2.45, 2.75) is 0 Å². The molecule has 0 saturated carbocycles. The molecular formula is C17H18N4O. The summed E-state index contributed by atoms with van der Waals surface area (Å²) in [5.74, 6) is 0.928. The molecule has 3 rings (SSSR count). The summed E-state index contributed by atoms with van der Waals surface area (Å²) in [5.41, 5.74) is 1.04. The quantitative estimate of drug-likeness (QED) is 0.811. The number of carbonyl (C=O) groups is 1. The Morgan fingerprint density at radius 1 is 1.05 bits per heavy atom. The molecule has 112 valence electrons.